The Morgan fingerprint density at radius 2 is 1.32 bits per heavy atom. The highest BCUT2D eigenvalue weighted by Gasteiger charge is 2.39. The molecule has 0 unspecified atom stereocenters. The zero-order valence-electron chi connectivity index (χ0n) is 21.4. The van der Waals surface area contributed by atoms with E-state index in [1.165, 1.54) is 0 Å². The Hall–Kier alpha value is -0.779. The maximum Gasteiger partial charge on any atom is 0.314 e. The molecule has 0 amide bonds. The first kappa shape index (κ1) is 28.3. The van der Waals surface area contributed by atoms with Gasteiger partial charge >= 0.3 is 8.56 Å². The molecule has 178 valence electrons. The minimum atomic E-state index is -2.19. The number of ether oxygens (including phenoxy) is 2. The van der Waals surface area contributed by atoms with Gasteiger partial charge in [-0.3, -0.25) is 4.79 Å². The lowest BCUT2D eigenvalue weighted by Gasteiger charge is -2.38. The number of carbonyl (C=O) groups is 1. The number of carbonyl (C=O) groups excluding carboxylic acids is 1. The van der Waals surface area contributed by atoms with Gasteiger partial charge in [-0.05, 0) is 82.6 Å². The van der Waals surface area contributed by atoms with Crippen molar-refractivity contribution in [1.29, 1.82) is 0 Å². The lowest BCUT2D eigenvalue weighted by atomic mass is 9.86. The molecular weight excluding hydrogens is 441 g/mol. The average molecular weight is 485 g/mol. The predicted molar refractivity (Wildman–Crippen MR) is 136 cm³/mol. The lowest BCUT2D eigenvalue weighted by molar-refractivity contribution is 0.0858. The van der Waals surface area contributed by atoms with Crippen LogP contribution in [0, 0.1) is 5.41 Å². The van der Waals surface area contributed by atoms with Gasteiger partial charge in [-0.1, -0.05) is 20.8 Å². The summed E-state index contributed by atoms with van der Waals surface area (Å²) < 4.78 is 24.6. The van der Waals surface area contributed by atoms with Gasteiger partial charge in [0.15, 0.2) is 22.4 Å². The summed E-state index contributed by atoms with van der Waals surface area (Å²) in [7, 11) is -5.50. The van der Waals surface area contributed by atoms with E-state index in [-0.39, 0.29) is 11.2 Å². The van der Waals surface area contributed by atoms with Crippen LogP contribution in [0.1, 0.15) is 37.6 Å². The normalized spacial score (nSPS) is 13.4. The quantitative estimate of drug-likeness (QED) is 0.182. The molecule has 0 fully saturated rings. The fourth-order valence-corrected chi connectivity index (χ4v) is 15.9. The summed E-state index contributed by atoms with van der Waals surface area (Å²) in [5.74, 6) is 0.885. The predicted octanol–water partition coefficient (Wildman–Crippen LogP) is 6.48. The van der Waals surface area contributed by atoms with Gasteiger partial charge in [0, 0.05) is 17.6 Å². The number of hydrogen-bond donors (Lipinski definition) is 0. The molecule has 0 aromatic heterocycles. The van der Waals surface area contributed by atoms with Gasteiger partial charge in [0.1, 0.15) is 12.4 Å². The standard InChI is InChI=1S/C23H44O5Si3/c1-23(2,3)22(24)20-12-14-21(15-13-20)26-18-17-25-16-11-19-31(10,27-29(4,5)6)28-30(7,8)9/h12-15H,11,16-19H2,1-10H3. The van der Waals surface area contributed by atoms with Crippen molar-refractivity contribution >= 4 is 31.0 Å². The molecule has 1 aromatic rings. The van der Waals surface area contributed by atoms with E-state index in [9.17, 15) is 4.79 Å². The van der Waals surface area contributed by atoms with Crippen LogP contribution in [-0.4, -0.2) is 50.8 Å². The second-order valence-electron chi connectivity index (χ2n) is 11.2. The van der Waals surface area contributed by atoms with E-state index in [2.05, 4.69) is 45.8 Å². The molecule has 8 heteroatoms. The molecule has 1 aromatic carbocycles. The van der Waals surface area contributed by atoms with Crippen LogP contribution >= 0.6 is 0 Å². The van der Waals surface area contributed by atoms with Gasteiger partial charge in [0.05, 0.1) is 6.61 Å². The Morgan fingerprint density at radius 3 is 1.77 bits per heavy atom. The highest BCUT2D eigenvalue weighted by molar-refractivity contribution is 6.87. The van der Waals surface area contributed by atoms with Gasteiger partial charge in [-0.15, -0.1) is 0 Å². The van der Waals surface area contributed by atoms with Crippen LogP contribution in [0.4, 0.5) is 0 Å². The second kappa shape index (κ2) is 11.4. The Labute approximate surface area is 193 Å². The molecule has 0 aliphatic carbocycles. The first-order chi connectivity index (χ1) is 14.0. The molecule has 0 heterocycles. The maximum atomic E-state index is 12.3. The van der Waals surface area contributed by atoms with Crippen molar-refractivity contribution in [2.45, 2.75) is 79.1 Å². The van der Waals surface area contributed by atoms with Crippen LogP contribution in [-0.2, 0) is 13.0 Å². The molecule has 5 nitrogen and oxygen atoms in total. The summed E-state index contributed by atoms with van der Waals surface area (Å²) in [5.41, 5.74) is 0.333. The Bertz CT molecular complexity index is 669. The van der Waals surface area contributed by atoms with Crippen LogP contribution in [0.5, 0.6) is 5.75 Å². The van der Waals surface area contributed by atoms with Crippen LogP contribution in [0.15, 0.2) is 24.3 Å². The molecule has 0 saturated heterocycles. The monoisotopic (exact) mass is 484 g/mol. The number of hydrogen-bond acceptors (Lipinski definition) is 5. The number of Topliss-reactive ketones (excluding diaryl/α,β-unsaturated/α-hetero) is 1. The fourth-order valence-electron chi connectivity index (χ4n) is 3.37. The zero-order valence-corrected chi connectivity index (χ0v) is 24.4. The third-order valence-electron chi connectivity index (χ3n) is 4.26. The molecule has 0 N–H and O–H groups in total. The molecule has 31 heavy (non-hydrogen) atoms. The Morgan fingerprint density at radius 1 is 0.806 bits per heavy atom. The van der Waals surface area contributed by atoms with Gasteiger partial charge in [-0.25, -0.2) is 0 Å². The Balaban J connectivity index is 2.37. The summed E-state index contributed by atoms with van der Waals surface area (Å²) >= 11 is 0. The topological polar surface area (TPSA) is 54.0 Å². The third-order valence-corrected chi connectivity index (χ3v) is 13.9. The zero-order chi connectivity index (χ0) is 23.9. The SMILES string of the molecule is CC(C)(C)C(=O)c1ccc(OCCOCCC[Si](C)(O[Si](C)(C)C)O[Si](C)(C)C)cc1. The van der Waals surface area contributed by atoms with Crippen molar-refractivity contribution in [3.8, 4) is 5.75 Å². The van der Waals surface area contributed by atoms with E-state index >= 15 is 0 Å². The molecule has 0 atom stereocenters. The number of benzene rings is 1. The third kappa shape index (κ3) is 12.1. The summed E-state index contributed by atoms with van der Waals surface area (Å²) in [4.78, 5) is 12.3. The summed E-state index contributed by atoms with van der Waals surface area (Å²) in [6.07, 6.45) is 0.932. The van der Waals surface area contributed by atoms with E-state index in [0.29, 0.717) is 25.4 Å². The smallest absolute Gasteiger partial charge is 0.314 e. The molecule has 0 saturated carbocycles. The van der Waals surface area contributed by atoms with Crippen LogP contribution < -0.4 is 4.74 Å². The first-order valence-corrected chi connectivity index (χ1v) is 20.6. The minimum Gasteiger partial charge on any atom is -0.491 e. The van der Waals surface area contributed by atoms with Crippen LogP contribution in [0.3, 0.4) is 0 Å². The molecule has 0 spiro atoms. The molecule has 0 aliphatic heterocycles. The van der Waals surface area contributed by atoms with Gasteiger partial charge < -0.3 is 17.7 Å². The van der Waals surface area contributed by atoms with E-state index in [4.69, 9.17) is 17.7 Å². The summed E-state index contributed by atoms with van der Waals surface area (Å²) in [6, 6.07) is 8.29. The van der Waals surface area contributed by atoms with Crippen molar-refractivity contribution in [1.82, 2.24) is 0 Å². The van der Waals surface area contributed by atoms with Crippen LogP contribution in [0.2, 0.25) is 51.9 Å². The minimum absolute atomic E-state index is 0.133. The highest BCUT2D eigenvalue weighted by Crippen LogP contribution is 2.25. The average Bonchev–Trinajstić information content (AvgIpc) is 2.56. The molecule has 0 bridgehead atoms. The first-order valence-electron chi connectivity index (χ1n) is 11.3. The fraction of sp³-hybridized carbons (Fsp3) is 0.696. The van der Waals surface area contributed by atoms with Gasteiger partial charge in [0.25, 0.3) is 0 Å². The maximum absolute atomic E-state index is 12.3. The van der Waals surface area contributed by atoms with Gasteiger partial charge in [0.2, 0.25) is 0 Å². The van der Waals surface area contributed by atoms with Crippen LogP contribution in [0.25, 0.3) is 0 Å². The van der Waals surface area contributed by atoms with E-state index < -0.39 is 25.2 Å². The van der Waals surface area contributed by atoms with Gasteiger partial charge in [-0.2, -0.15) is 0 Å². The number of ketones is 1. The molecule has 1 rings (SSSR count). The molecule has 0 aliphatic rings. The lowest BCUT2D eigenvalue weighted by Crippen LogP contribution is -2.52. The molecular formula is C23H44O5Si3. The van der Waals surface area contributed by atoms with Crippen molar-refractivity contribution in [3.63, 3.8) is 0 Å². The summed E-state index contributed by atoms with van der Waals surface area (Å²) in [6.45, 7) is 23.0. The van der Waals surface area contributed by atoms with Crippen molar-refractivity contribution in [2.24, 2.45) is 5.41 Å². The second-order valence-corrected chi connectivity index (χ2v) is 24.1. The van der Waals surface area contributed by atoms with Crippen molar-refractivity contribution in [3.05, 3.63) is 29.8 Å². The van der Waals surface area contributed by atoms with E-state index in [1.54, 1.807) is 0 Å². The van der Waals surface area contributed by atoms with Crippen molar-refractivity contribution in [2.75, 3.05) is 19.8 Å². The Kier molecular flexibility index (Phi) is 10.4. The van der Waals surface area contributed by atoms with E-state index in [1.807, 2.05) is 45.0 Å². The summed E-state index contributed by atoms with van der Waals surface area (Å²) in [5, 5.41) is 0. The highest BCUT2D eigenvalue weighted by atomic mass is 28.5. The number of rotatable bonds is 13. The van der Waals surface area contributed by atoms with E-state index in [0.717, 1.165) is 18.2 Å². The van der Waals surface area contributed by atoms with Crippen molar-refractivity contribution < 1.29 is 22.5 Å². The molecule has 0 radical (unpaired) electrons. The largest absolute Gasteiger partial charge is 0.491 e.